The van der Waals surface area contributed by atoms with Crippen molar-refractivity contribution in [3.8, 4) is 0 Å². The number of rotatable bonds is 5. The van der Waals surface area contributed by atoms with Gasteiger partial charge < -0.3 is 26.0 Å². The van der Waals surface area contributed by atoms with Crippen molar-refractivity contribution in [1.82, 2.24) is 25.8 Å². The fourth-order valence-corrected chi connectivity index (χ4v) is 5.82. The van der Waals surface area contributed by atoms with Crippen LogP contribution in [0.3, 0.4) is 0 Å². The molecule has 1 aromatic carbocycles. The summed E-state index contributed by atoms with van der Waals surface area (Å²) in [5.41, 5.74) is 0.476. The van der Waals surface area contributed by atoms with E-state index in [1.54, 1.807) is 44.2 Å². The SMILES string of the molecule is CC1(C)SC2[C@H](NC(=O)C(NC(=O)N3CCNC3=O)c3ccccc3)C(=O)N2C1C(=O)O.[Na+]. The van der Waals surface area contributed by atoms with Gasteiger partial charge in [-0.05, 0) is 19.4 Å². The average molecular weight is 484 g/mol. The second kappa shape index (κ2) is 9.53. The maximum absolute atomic E-state index is 13.1. The van der Waals surface area contributed by atoms with Crippen molar-refractivity contribution < 1.29 is 58.6 Å². The van der Waals surface area contributed by atoms with Gasteiger partial charge in [0.1, 0.15) is 23.5 Å². The Morgan fingerprint density at radius 3 is 2.45 bits per heavy atom. The van der Waals surface area contributed by atoms with E-state index in [0.717, 1.165) is 4.90 Å². The largest absolute Gasteiger partial charge is 1.00 e. The molecule has 4 N–H and O–H groups in total. The second-order valence-corrected chi connectivity index (χ2v) is 10.0. The van der Waals surface area contributed by atoms with Gasteiger partial charge in [0.05, 0.1) is 0 Å². The van der Waals surface area contributed by atoms with Gasteiger partial charge in [-0.25, -0.2) is 19.3 Å². The van der Waals surface area contributed by atoms with Gasteiger partial charge in [-0.15, -0.1) is 11.8 Å². The summed E-state index contributed by atoms with van der Waals surface area (Å²) in [6.07, 6.45) is 0. The number of carboxylic acid groups (broad SMARTS) is 1. The standard InChI is InChI=1S/C20H23N5O6S.Na/c1-20(2)13(17(28)29)25-15(27)12(16(25)32-20)22-14(26)11(10-6-4-3-5-7-10)23-19(31)24-9-8-21-18(24)30;/h3-7,11-13,16H,8-9H2,1-2H3,(H,21,30)(H,22,26)(H,23,31)(H,28,29);/q;+1/t11?,12-,13?,16?;/m1./s1. The maximum atomic E-state index is 13.1. The Kier molecular flexibility index (Phi) is 7.32. The molecular weight excluding hydrogens is 461 g/mol. The Balaban J connectivity index is 0.00000306. The first-order chi connectivity index (χ1) is 15.1. The van der Waals surface area contributed by atoms with Crippen LogP contribution in [-0.2, 0) is 14.4 Å². The maximum Gasteiger partial charge on any atom is 1.00 e. The molecule has 0 radical (unpaired) electrons. The monoisotopic (exact) mass is 484 g/mol. The number of aliphatic carboxylic acids is 1. The Morgan fingerprint density at radius 2 is 1.88 bits per heavy atom. The van der Waals surface area contributed by atoms with Crippen molar-refractivity contribution in [1.29, 1.82) is 0 Å². The first-order valence-electron chi connectivity index (χ1n) is 10.1. The van der Waals surface area contributed by atoms with Crippen molar-refractivity contribution in [3.63, 3.8) is 0 Å². The zero-order valence-corrected chi connectivity index (χ0v) is 21.2. The third kappa shape index (κ3) is 4.57. The average Bonchev–Trinajstić information content (AvgIpc) is 3.29. The molecule has 33 heavy (non-hydrogen) atoms. The van der Waals surface area contributed by atoms with E-state index in [0.29, 0.717) is 12.1 Å². The number of hydrogen-bond donors (Lipinski definition) is 4. The van der Waals surface area contributed by atoms with E-state index in [-0.39, 0.29) is 36.1 Å². The van der Waals surface area contributed by atoms with Gasteiger partial charge in [0.15, 0.2) is 0 Å². The number of imide groups is 1. The Labute approximate surface area is 216 Å². The van der Waals surface area contributed by atoms with Crippen LogP contribution in [0.5, 0.6) is 0 Å². The summed E-state index contributed by atoms with van der Waals surface area (Å²) in [5.74, 6) is -2.20. The molecule has 3 saturated heterocycles. The van der Waals surface area contributed by atoms with Crippen molar-refractivity contribution in [3.05, 3.63) is 35.9 Å². The van der Waals surface area contributed by atoms with Crippen LogP contribution >= 0.6 is 11.8 Å². The minimum atomic E-state index is -1.14. The van der Waals surface area contributed by atoms with Crippen molar-refractivity contribution >= 4 is 41.6 Å². The number of carbonyl (C=O) groups excluding carboxylic acids is 4. The molecule has 3 heterocycles. The molecule has 3 aliphatic heterocycles. The molecule has 1 aromatic rings. The van der Waals surface area contributed by atoms with E-state index in [1.165, 1.54) is 16.7 Å². The molecule has 11 nitrogen and oxygen atoms in total. The normalized spacial score (nSPS) is 25.8. The molecule has 3 unspecified atom stereocenters. The molecule has 6 amide bonds. The van der Waals surface area contributed by atoms with Crippen LogP contribution in [0.25, 0.3) is 0 Å². The van der Waals surface area contributed by atoms with Crippen LogP contribution in [0.4, 0.5) is 9.59 Å². The zero-order chi connectivity index (χ0) is 23.2. The number of amides is 6. The van der Waals surface area contributed by atoms with E-state index < -0.39 is 58.1 Å². The quantitative estimate of drug-likeness (QED) is 0.259. The van der Waals surface area contributed by atoms with Crippen molar-refractivity contribution in [2.24, 2.45) is 0 Å². The molecule has 170 valence electrons. The van der Waals surface area contributed by atoms with Gasteiger partial charge in [0.2, 0.25) is 11.8 Å². The summed E-state index contributed by atoms with van der Waals surface area (Å²) in [4.78, 5) is 64.2. The number of carboxylic acids is 1. The van der Waals surface area contributed by atoms with Gasteiger partial charge in [0, 0.05) is 17.8 Å². The number of hydrogen-bond acceptors (Lipinski definition) is 6. The number of β-lactam (4-membered cyclic amide) rings is 1. The summed E-state index contributed by atoms with van der Waals surface area (Å²) >= 11 is 1.31. The predicted molar refractivity (Wildman–Crippen MR) is 113 cm³/mol. The molecule has 0 aliphatic carbocycles. The van der Waals surface area contributed by atoms with Crippen LogP contribution in [-0.4, -0.2) is 80.0 Å². The Bertz CT molecular complexity index is 992. The first kappa shape index (κ1) is 25.3. The van der Waals surface area contributed by atoms with Crippen LogP contribution in [0.15, 0.2) is 30.3 Å². The number of carbonyl (C=O) groups is 5. The third-order valence-corrected chi connectivity index (χ3v) is 7.31. The van der Waals surface area contributed by atoms with Crippen molar-refractivity contribution in [2.45, 2.75) is 42.1 Å². The summed E-state index contributed by atoms with van der Waals surface area (Å²) in [6.45, 7) is 3.98. The molecule has 0 bridgehead atoms. The summed E-state index contributed by atoms with van der Waals surface area (Å²) in [6, 6.07) is 4.14. The second-order valence-electron chi connectivity index (χ2n) is 8.26. The molecule has 0 spiro atoms. The molecule has 4 atom stereocenters. The van der Waals surface area contributed by atoms with Gasteiger partial charge in [-0.3, -0.25) is 9.59 Å². The fourth-order valence-electron chi connectivity index (χ4n) is 4.19. The predicted octanol–water partition coefficient (Wildman–Crippen LogP) is -2.90. The molecule has 4 rings (SSSR count). The van der Waals surface area contributed by atoms with E-state index in [1.807, 2.05) is 0 Å². The topological polar surface area (TPSA) is 148 Å². The van der Waals surface area contributed by atoms with Gasteiger partial charge >= 0.3 is 47.6 Å². The minimum absolute atomic E-state index is 0. The fraction of sp³-hybridized carbons (Fsp3) is 0.450. The first-order valence-corrected chi connectivity index (χ1v) is 10.9. The molecule has 0 aromatic heterocycles. The molecule has 13 heteroatoms. The molecular formula is C20H23N5NaO6S+. The van der Waals surface area contributed by atoms with Crippen LogP contribution < -0.4 is 45.5 Å². The van der Waals surface area contributed by atoms with Gasteiger partial charge in [0.25, 0.3) is 0 Å². The molecule has 3 aliphatic rings. The minimum Gasteiger partial charge on any atom is -0.480 e. The summed E-state index contributed by atoms with van der Waals surface area (Å²) in [7, 11) is 0. The number of urea groups is 2. The van der Waals surface area contributed by atoms with E-state index in [2.05, 4.69) is 16.0 Å². The van der Waals surface area contributed by atoms with E-state index in [9.17, 15) is 29.1 Å². The number of nitrogens with one attached hydrogen (secondary N) is 3. The van der Waals surface area contributed by atoms with Gasteiger partial charge in [-0.1, -0.05) is 30.3 Å². The summed E-state index contributed by atoms with van der Waals surface area (Å²) in [5, 5.41) is 16.8. The van der Waals surface area contributed by atoms with E-state index in [4.69, 9.17) is 0 Å². The van der Waals surface area contributed by atoms with Crippen LogP contribution in [0.2, 0.25) is 0 Å². The van der Waals surface area contributed by atoms with Crippen molar-refractivity contribution in [2.75, 3.05) is 13.1 Å². The Hall–Kier alpha value is -2.28. The van der Waals surface area contributed by atoms with E-state index >= 15 is 0 Å². The van der Waals surface area contributed by atoms with Gasteiger partial charge in [-0.2, -0.15) is 0 Å². The number of thioether (sulfide) groups is 1. The molecule has 3 fully saturated rings. The number of fused-ring (bicyclic) bond motifs is 1. The number of benzene rings is 1. The zero-order valence-electron chi connectivity index (χ0n) is 18.4. The summed E-state index contributed by atoms with van der Waals surface area (Å²) < 4.78 is -0.720. The number of nitrogens with zero attached hydrogens (tertiary/aromatic N) is 2. The smallest absolute Gasteiger partial charge is 0.480 e. The van der Waals surface area contributed by atoms with Crippen LogP contribution in [0, 0.1) is 0 Å². The third-order valence-electron chi connectivity index (χ3n) is 5.74. The molecule has 0 saturated carbocycles. The Morgan fingerprint density at radius 1 is 1.21 bits per heavy atom. The van der Waals surface area contributed by atoms with Crippen LogP contribution in [0.1, 0.15) is 25.5 Å².